The molecule has 0 spiro atoms. The lowest BCUT2D eigenvalue weighted by Crippen LogP contribution is -2.28. The van der Waals surface area contributed by atoms with Gasteiger partial charge in [0, 0.05) is 9.50 Å². The van der Waals surface area contributed by atoms with Crippen LogP contribution in [0.25, 0.3) is 0 Å². The zero-order valence-electron chi connectivity index (χ0n) is 11.2. The van der Waals surface area contributed by atoms with E-state index in [4.69, 9.17) is 11.6 Å². The van der Waals surface area contributed by atoms with E-state index in [1.54, 1.807) is 18.2 Å². The minimum atomic E-state index is -0.886. The molecule has 106 valence electrons. The SMILES string of the molecule is N#CC1(C(O)c2cc(Cl)ccc2Br)Cc2ccccc2C1. The third kappa shape index (κ3) is 2.48. The fraction of sp³-hybridized carbons (Fsp3) is 0.235. The van der Waals surface area contributed by atoms with Gasteiger partial charge in [-0.3, -0.25) is 0 Å². The lowest BCUT2D eigenvalue weighted by atomic mass is 9.77. The first-order valence-electron chi connectivity index (χ1n) is 6.67. The van der Waals surface area contributed by atoms with Gasteiger partial charge in [0.2, 0.25) is 0 Å². The number of aliphatic hydroxyl groups excluding tert-OH is 1. The molecule has 0 saturated heterocycles. The Kier molecular flexibility index (Phi) is 3.79. The summed E-state index contributed by atoms with van der Waals surface area (Å²) in [7, 11) is 0. The molecular weight excluding hydrogens is 350 g/mol. The molecule has 1 aliphatic rings. The third-order valence-electron chi connectivity index (χ3n) is 4.13. The van der Waals surface area contributed by atoms with Crippen LogP contribution in [0.1, 0.15) is 22.8 Å². The average Bonchev–Trinajstić information content (AvgIpc) is 2.89. The van der Waals surface area contributed by atoms with Crippen molar-refractivity contribution < 1.29 is 5.11 Å². The third-order valence-corrected chi connectivity index (χ3v) is 5.09. The van der Waals surface area contributed by atoms with Crippen LogP contribution in [0.3, 0.4) is 0 Å². The van der Waals surface area contributed by atoms with Crippen molar-refractivity contribution in [1.82, 2.24) is 0 Å². The van der Waals surface area contributed by atoms with Gasteiger partial charge in [-0.05, 0) is 47.7 Å². The van der Waals surface area contributed by atoms with Crippen molar-refractivity contribution in [3.05, 3.63) is 68.7 Å². The van der Waals surface area contributed by atoms with Crippen LogP contribution in [0.15, 0.2) is 46.9 Å². The predicted octanol–water partition coefficient (Wildman–Crippen LogP) is 4.44. The molecule has 21 heavy (non-hydrogen) atoms. The van der Waals surface area contributed by atoms with E-state index < -0.39 is 11.5 Å². The van der Waals surface area contributed by atoms with E-state index in [1.807, 2.05) is 24.3 Å². The van der Waals surface area contributed by atoms with Crippen LogP contribution in [-0.2, 0) is 12.8 Å². The van der Waals surface area contributed by atoms with Crippen LogP contribution in [0, 0.1) is 16.7 Å². The molecule has 3 rings (SSSR count). The molecule has 1 aliphatic carbocycles. The van der Waals surface area contributed by atoms with Gasteiger partial charge in [0.25, 0.3) is 0 Å². The van der Waals surface area contributed by atoms with Gasteiger partial charge in [-0.1, -0.05) is 51.8 Å². The first-order chi connectivity index (χ1) is 10.1. The summed E-state index contributed by atoms with van der Waals surface area (Å²) in [5.74, 6) is 0. The minimum Gasteiger partial charge on any atom is -0.387 e. The van der Waals surface area contributed by atoms with Crippen molar-refractivity contribution in [3.63, 3.8) is 0 Å². The number of hydrogen-bond acceptors (Lipinski definition) is 2. The lowest BCUT2D eigenvalue weighted by Gasteiger charge is -2.28. The summed E-state index contributed by atoms with van der Waals surface area (Å²) >= 11 is 9.47. The summed E-state index contributed by atoms with van der Waals surface area (Å²) < 4.78 is 0.769. The number of nitriles is 1. The van der Waals surface area contributed by atoms with Gasteiger partial charge in [0.1, 0.15) is 0 Å². The molecule has 1 atom stereocenters. The molecule has 0 heterocycles. The number of nitrogens with zero attached hydrogens (tertiary/aromatic N) is 1. The summed E-state index contributed by atoms with van der Waals surface area (Å²) in [6, 6.07) is 15.6. The first-order valence-corrected chi connectivity index (χ1v) is 7.84. The van der Waals surface area contributed by atoms with Crippen molar-refractivity contribution in [2.45, 2.75) is 18.9 Å². The Morgan fingerprint density at radius 2 is 1.81 bits per heavy atom. The van der Waals surface area contributed by atoms with Crippen LogP contribution in [-0.4, -0.2) is 5.11 Å². The van der Waals surface area contributed by atoms with Gasteiger partial charge in [-0.2, -0.15) is 5.26 Å². The lowest BCUT2D eigenvalue weighted by molar-refractivity contribution is 0.0687. The van der Waals surface area contributed by atoms with Gasteiger partial charge >= 0.3 is 0 Å². The highest BCUT2D eigenvalue weighted by atomic mass is 79.9. The second-order valence-electron chi connectivity index (χ2n) is 5.46. The summed E-state index contributed by atoms with van der Waals surface area (Å²) in [6.07, 6.45) is 0.225. The highest BCUT2D eigenvalue weighted by molar-refractivity contribution is 9.10. The molecule has 2 aromatic rings. The molecule has 0 saturated carbocycles. The van der Waals surface area contributed by atoms with Crippen LogP contribution in [0.4, 0.5) is 0 Å². The molecule has 0 radical (unpaired) electrons. The fourth-order valence-corrected chi connectivity index (χ4v) is 3.64. The van der Waals surface area contributed by atoms with E-state index in [0.717, 1.165) is 15.6 Å². The molecular formula is C17H13BrClNO. The maximum atomic E-state index is 10.8. The molecule has 0 bridgehead atoms. The topological polar surface area (TPSA) is 44.0 Å². The Balaban J connectivity index is 2.02. The molecule has 4 heteroatoms. The van der Waals surface area contributed by atoms with Crippen LogP contribution >= 0.6 is 27.5 Å². The van der Waals surface area contributed by atoms with Gasteiger partial charge in [0.05, 0.1) is 17.6 Å². The molecule has 0 fully saturated rings. The number of benzene rings is 2. The summed E-state index contributed by atoms with van der Waals surface area (Å²) in [5, 5.41) is 21.1. The van der Waals surface area contributed by atoms with Gasteiger partial charge in [-0.15, -0.1) is 0 Å². The Bertz CT molecular complexity index is 713. The van der Waals surface area contributed by atoms with Crippen LogP contribution in [0.5, 0.6) is 0 Å². The second kappa shape index (κ2) is 5.46. The van der Waals surface area contributed by atoms with Crippen molar-refractivity contribution >= 4 is 27.5 Å². The Labute approximate surface area is 137 Å². The zero-order valence-corrected chi connectivity index (χ0v) is 13.5. The first kappa shape index (κ1) is 14.6. The summed E-state index contributed by atoms with van der Waals surface area (Å²) in [4.78, 5) is 0. The fourth-order valence-electron chi connectivity index (χ4n) is 3.00. The van der Waals surface area contributed by atoms with E-state index in [1.165, 1.54) is 0 Å². The monoisotopic (exact) mass is 361 g/mol. The molecule has 0 aliphatic heterocycles. The van der Waals surface area contributed by atoms with E-state index in [9.17, 15) is 10.4 Å². The Hall–Kier alpha value is -1.34. The van der Waals surface area contributed by atoms with Gasteiger partial charge in [-0.25, -0.2) is 0 Å². The quantitative estimate of drug-likeness (QED) is 0.858. The summed E-state index contributed by atoms with van der Waals surface area (Å²) in [5.41, 5.74) is 2.10. The van der Waals surface area contributed by atoms with Crippen molar-refractivity contribution in [1.29, 1.82) is 5.26 Å². The van der Waals surface area contributed by atoms with Gasteiger partial charge in [0.15, 0.2) is 0 Å². The maximum Gasteiger partial charge on any atom is 0.0994 e. The maximum absolute atomic E-state index is 10.8. The number of hydrogen-bond donors (Lipinski definition) is 1. The Morgan fingerprint density at radius 3 is 2.38 bits per heavy atom. The number of halogens is 2. The van der Waals surface area contributed by atoms with Crippen molar-refractivity contribution in [3.8, 4) is 6.07 Å². The van der Waals surface area contributed by atoms with Crippen LogP contribution in [0.2, 0.25) is 5.02 Å². The van der Waals surface area contributed by atoms with E-state index in [0.29, 0.717) is 23.4 Å². The van der Waals surface area contributed by atoms with Gasteiger partial charge < -0.3 is 5.11 Å². The van der Waals surface area contributed by atoms with Crippen molar-refractivity contribution in [2.24, 2.45) is 5.41 Å². The number of fused-ring (bicyclic) bond motifs is 1. The standard InChI is InChI=1S/C17H13BrClNO/c18-15-6-5-13(19)7-14(15)16(21)17(10-20)8-11-3-1-2-4-12(11)9-17/h1-7,16,21H,8-9H2. The minimum absolute atomic E-state index is 0.552. The van der Waals surface area contributed by atoms with E-state index in [-0.39, 0.29) is 0 Å². The van der Waals surface area contributed by atoms with Crippen molar-refractivity contribution in [2.75, 3.05) is 0 Å². The van der Waals surface area contributed by atoms with E-state index in [2.05, 4.69) is 22.0 Å². The molecule has 0 aromatic heterocycles. The van der Waals surface area contributed by atoms with Crippen LogP contribution < -0.4 is 0 Å². The zero-order chi connectivity index (χ0) is 15.0. The molecule has 2 nitrogen and oxygen atoms in total. The molecule has 1 unspecified atom stereocenters. The largest absolute Gasteiger partial charge is 0.387 e. The number of rotatable bonds is 2. The Morgan fingerprint density at radius 1 is 1.19 bits per heavy atom. The number of aliphatic hydroxyl groups is 1. The van der Waals surface area contributed by atoms with E-state index >= 15 is 0 Å². The molecule has 0 amide bonds. The highest BCUT2D eigenvalue weighted by Crippen LogP contribution is 2.47. The molecule has 2 aromatic carbocycles. The normalized spacial score (nSPS) is 17.0. The summed E-state index contributed by atoms with van der Waals surface area (Å²) in [6.45, 7) is 0. The average molecular weight is 363 g/mol. The second-order valence-corrected chi connectivity index (χ2v) is 6.75. The highest BCUT2D eigenvalue weighted by Gasteiger charge is 2.44. The predicted molar refractivity (Wildman–Crippen MR) is 86.0 cm³/mol. The molecule has 1 N–H and O–H groups in total. The smallest absolute Gasteiger partial charge is 0.0994 e.